The molecule has 0 aromatic heterocycles. The van der Waals surface area contributed by atoms with Gasteiger partial charge in [0, 0.05) is 31.4 Å². The second-order valence-electron chi connectivity index (χ2n) is 7.14. The molecule has 1 amide bonds. The number of rotatable bonds is 9. The molecule has 1 N–H and O–H groups in total. The predicted molar refractivity (Wildman–Crippen MR) is 118 cm³/mol. The minimum absolute atomic E-state index is 0.0526. The minimum atomic E-state index is -0.955. The van der Waals surface area contributed by atoms with Crippen LogP contribution in [0.3, 0.4) is 0 Å². The van der Waals surface area contributed by atoms with Gasteiger partial charge >= 0.3 is 0 Å². The van der Waals surface area contributed by atoms with Gasteiger partial charge < -0.3 is 24.2 Å². The first-order chi connectivity index (χ1) is 15.8. The molecule has 1 saturated heterocycles. The fourth-order valence-electron chi connectivity index (χ4n) is 3.70. The molecule has 0 aliphatic carbocycles. The molecule has 1 aliphatic heterocycles. The van der Waals surface area contributed by atoms with Gasteiger partial charge in [0.15, 0.2) is 11.5 Å². The van der Waals surface area contributed by atoms with Crippen LogP contribution in [0.2, 0.25) is 0 Å². The van der Waals surface area contributed by atoms with E-state index < -0.39 is 28.4 Å². The van der Waals surface area contributed by atoms with Crippen LogP contribution in [0.4, 0.5) is 5.69 Å². The van der Waals surface area contributed by atoms with Gasteiger partial charge in [0.1, 0.15) is 5.76 Å². The van der Waals surface area contributed by atoms with Crippen molar-refractivity contribution in [3.8, 4) is 11.5 Å². The lowest BCUT2D eigenvalue weighted by Crippen LogP contribution is -2.32. The number of nitro groups is 1. The van der Waals surface area contributed by atoms with E-state index in [2.05, 4.69) is 0 Å². The number of nitrogens with zero attached hydrogens (tertiary/aromatic N) is 2. The molecular weight excluding hydrogens is 432 g/mol. The number of likely N-dealkylation sites (tertiary alicyclic amines) is 1. The molecule has 0 bridgehead atoms. The number of aliphatic hydroxyl groups is 1. The Kier molecular flexibility index (Phi) is 7.29. The molecule has 3 rings (SSSR count). The number of hydrogen-bond acceptors (Lipinski definition) is 8. The fourth-order valence-corrected chi connectivity index (χ4v) is 3.70. The van der Waals surface area contributed by atoms with Crippen molar-refractivity contribution in [2.24, 2.45) is 0 Å². The predicted octanol–water partition coefficient (Wildman–Crippen LogP) is 3.07. The molecule has 1 atom stereocenters. The summed E-state index contributed by atoms with van der Waals surface area (Å²) in [5.74, 6) is -1.34. The van der Waals surface area contributed by atoms with Crippen LogP contribution < -0.4 is 9.47 Å². The Hall–Kier alpha value is -3.92. The highest BCUT2D eigenvalue weighted by Gasteiger charge is 2.46. The lowest BCUT2D eigenvalue weighted by Gasteiger charge is -2.25. The van der Waals surface area contributed by atoms with Gasteiger partial charge in [-0.25, -0.2) is 0 Å². The van der Waals surface area contributed by atoms with Crippen molar-refractivity contribution in [3.05, 3.63) is 69.3 Å². The van der Waals surface area contributed by atoms with Crippen LogP contribution in [0.15, 0.2) is 48.0 Å². The number of ketones is 1. The Labute approximate surface area is 190 Å². The third kappa shape index (κ3) is 4.65. The second-order valence-corrected chi connectivity index (χ2v) is 7.14. The Balaban J connectivity index is 2.20. The molecule has 174 valence electrons. The maximum atomic E-state index is 13.0. The maximum absolute atomic E-state index is 13.0. The number of hydrogen-bond donors (Lipinski definition) is 1. The molecule has 1 aliphatic rings. The Morgan fingerprint density at radius 2 is 1.91 bits per heavy atom. The average molecular weight is 456 g/mol. The van der Waals surface area contributed by atoms with E-state index >= 15 is 0 Å². The van der Waals surface area contributed by atoms with Crippen LogP contribution in [0.5, 0.6) is 11.5 Å². The number of non-ortho nitro benzene ring substituents is 1. The summed E-state index contributed by atoms with van der Waals surface area (Å²) in [7, 11) is 2.93. The maximum Gasteiger partial charge on any atom is 0.295 e. The summed E-state index contributed by atoms with van der Waals surface area (Å²) in [6, 6.07) is 9.23. The number of amides is 1. The van der Waals surface area contributed by atoms with Gasteiger partial charge in [-0.2, -0.15) is 0 Å². The molecule has 1 fully saturated rings. The smallest absolute Gasteiger partial charge is 0.295 e. The van der Waals surface area contributed by atoms with Crippen molar-refractivity contribution < 1.29 is 33.8 Å². The highest BCUT2D eigenvalue weighted by Crippen LogP contribution is 2.42. The molecule has 0 radical (unpaired) electrons. The monoisotopic (exact) mass is 456 g/mol. The van der Waals surface area contributed by atoms with Gasteiger partial charge in [-0.15, -0.1) is 0 Å². The summed E-state index contributed by atoms with van der Waals surface area (Å²) in [6.07, 6.45) is 0. The minimum Gasteiger partial charge on any atom is -0.507 e. The average Bonchev–Trinajstić information content (AvgIpc) is 3.07. The van der Waals surface area contributed by atoms with Crippen molar-refractivity contribution in [2.45, 2.75) is 13.0 Å². The zero-order chi connectivity index (χ0) is 24.1. The number of carbonyl (C=O) groups is 2. The van der Waals surface area contributed by atoms with E-state index in [0.717, 1.165) is 6.07 Å². The largest absolute Gasteiger partial charge is 0.507 e. The van der Waals surface area contributed by atoms with E-state index in [-0.39, 0.29) is 30.0 Å². The van der Waals surface area contributed by atoms with E-state index in [1.807, 2.05) is 6.92 Å². The fraction of sp³-hybridized carbons (Fsp3) is 0.304. The molecule has 2 aromatic carbocycles. The third-order valence-corrected chi connectivity index (χ3v) is 5.21. The van der Waals surface area contributed by atoms with Crippen LogP contribution in [0.25, 0.3) is 5.76 Å². The highest BCUT2D eigenvalue weighted by molar-refractivity contribution is 6.46. The van der Waals surface area contributed by atoms with Gasteiger partial charge in [0.25, 0.3) is 17.4 Å². The number of benzene rings is 2. The van der Waals surface area contributed by atoms with Crippen molar-refractivity contribution in [1.29, 1.82) is 0 Å². The van der Waals surface area contributed by atoms with Crippen LogP contribution >= 0.6 is 0 Å². The lowest BCUT2D eigenvalue weighted by molar-refractivity contribution is -0.384. The summed E-state index contributed by atoms with van der Waals surface area (Å²) in [6.45, 7) is 2.49. The van der Waals surface area contributed by atoms with Crippen LogP contribution in [-0.2, 0) is 14.3 Å². The normalized spacial score (nSPS) is 17.3. The van der Waals surface area contributed by atoms with E-state index in [9.17, 15) is 24.8 Å². The number of aliphatic hydroxyl groups excluding tert-OH is 1. The first-order valence-electron chi connectivity index (χ1n) is 10.2. The SMILES string of the molecule is CCOc1ccc(C2/C(=C(\O)c3cccc([N+](=O)[O-])c3)C(=O)C(=O)N2CCOC)cc1OC. The zero-order valence-electron chi connectivity index (χ0n) is 18.4. The number of carbonyl (C=O) groups excluding carboxylic acids is 2. The molecule has 1 unspecified atom stereocenters. The second kappa shape index (κ2) is 10.1. The van der Waals surface area contributed by atoms with Crippen LogP contribution in [0, 0.1) is 10.1 Å². The number of methoxy groups -OCH3 is 2. The van der Waals surface area contributed by atoms with E-state index in [1.54, 1.807) is 18.2 Å². The van der Waals surface area contributed by atoms with Gasteiger partial charge in [-0.3, -0.25) is 19.7 Å². The van der Waals surface area contributed by atoms with Crippen molar-refractivity contribution in [2.75, 3.05) is 34.0 Å². The topological polar surface area (TPSA) is 128 Å². The quantitative estimate of drug-likeness (QED) is 0.200. The standard InChI is InChI=1S/C23H24N2O8/c1-4-33-17-9-8-14(13-18(17)32-3)20-19(22(27)23(28)24(20)10-11-31-2)21(26)15-6-5-7-16(12-15)25(29)30/h5-9,12-13,20,26H,4,10-11H2,1-3H3/b21-19+. The number of ether oxygens (including phenoxy) is 3. The first-order valence-corrected chi connectivity index (χ1v) is 10.2. The van der Waals surface area contributed by atoms with Gasteiger partial charge in [0.05, 0.1) is 36.9 Å². The molecule has 0 saturated carbocycles. The highest BCUT2D eigenvalue weighted by atomic mass is 16.6. The first kappa shape index (κ1) is 23.7. The van der Waals surface area contributed by atoms with Crippen molar-refractivity contribution >= 4 is 23.1 Å². The summed E-state index contributed by atoms with van der Waals surface area (Å²) in [5, 5.41) is 22.2. The number of nitro benzene ring substituents is 1. The van der Waals surface area contributed by atoms with E-state index in [4.69, 9.17) is 14.2 Å². The molecule has 0 spiro atoms. The van der Waals surface area contributed by atoms with Crippen molar-refractivity contribution in [1.82, 2.24) is 4.90 Å². The molecular formula is C23H24N2O8. The Morgan fingerprint density at radius 1 is 1.15 bits per heavy atom. The molecule has 1 heterocycles. The van der Waals surface area contributed by atoms with Crippen LogP contribution in [0.1, 0.15) is 24.1 Å². The van der Waals surface area contributed by atoms with Gasteiger partial charge in [-0.05, 0) is 24.6 Å². The van der Waals surface area contributed by atoms with Gasteiger partial charge in [-0.1, -0.05) is 18.2 Å². The molecule has 10 nitrogen and oxygen atoms in total. The number of Topliss-reactive ketones (excluding diaryl/α,β-unsaturated/α-hetero) is 1. The lowest BCUT2D eigenvalue weighted by atomic mass is 9.95. The Morgan fingerprint density at radius 3 is 2.55 bits per heavy atom. The summed E-state index contributed by atoms with van der Waals surface area (Å²) in [4.78, 5) is 37.7. The zero-order valence-corrected chi connectivity index (χ0v) is 18.4. The summed E-state index contributed by atoms with van der Waals surface area (Å²) < 4.78 is 16.0. The summed E-state index contributed by atoms with van der Waals surface area (Å²) >= 11 is 0. The van der Waals surface area contributed by atoms with E-state index in [0.29, 0.717) is 23.7 Å². The van der Waals surface area contributed by atoms with Gasteiger partial charge in [0.2, 0.25) is 0 Å². The van der Waals surface area contributed by atoms with E-state index in [1.165, 1.54) is 37.3 Å². The molecule has 2 aromatic rings. The Bertz CT molecular complexity index is 1110. The van der Waals surface area contributed by atoms with Crippen molar-refractivity contribution in [3.63, 3.8) is 0 Å². The third-order valence-electron chi connectivity index (χ3n) is 5.21. The molecule has 33 heavy (non-hydrogen) atoms. The summed E-state index contributed by atoms with van der Waals surface area (Å²) in [5.41, 5.74) is 0.115. The molecule has 10 heteroatoms. The van der Waals surface area contributed by atoms with Crippen LogP contribution in [-0.4, -0.2) is 60.6 Å².